The third-order valence-electron chi connectivity index (χ3n) is 8.27. The molecule has 1 heterocycles. The van der Waals surface area contributed by atoms with Gasteiger partial charge in [-0.3, -0.25) is 15.0 Å². The highest BCUT2D eigenvalue weighted by Crippen LogP contribution is 2.52. The van der Waals surface area contributed by atoms with Gasteiger partial charge in [-0.1, -0.05) is 12.1 Å². The van der Waals surface area contributed by atoms with Gasteiger partial charge in [0.2, 0.25) is 5.78 Å². The number of benzene rings is 2. The molecular weight excluding hydrogens is 566 g/mol. The quantitative estimate of drug-likeness (QED) is 0.0634. The SMILES string of the molecule is COc1cccc2c1C(=O)c1c(O)c3c(c(O)c1C2=O)C[C@@](O)(/C(C)=N/NC(=O)NN)C[C@H]3O[C@H]1C[C@@H](N)[C@@H](O)[C@@H](C)O1. The molecular formula is C28H33N5O10. The minimum absolute atomic E-state index is 0.0190. The largest absolute Gasteiger partial charge is 0.507 e. The lowest BCUT2D eigenvalue weighted by Gasteiger charge is -2.42. The van der Waals surface area contributed by atoms with E-state index in [-0.39, 0.29) is 53.0 Å². The Bertz CT molecular complexity index is 1530. The first-order valence-electron chi connectivity index (χ1n) is 13.5. The van der Waals surface area contributed by atoms with Crippen LogP contribution in [0.5, 0.6) is 17.2 Å². The van der Waals surface area contributed by atoms with Crippen molar-refractivity contribution >= 4 is 23.3 Å². The number of aliphatic hydroxyl groups is 2. The number of fused-ring (bicyclic) bond motifs is 3. The highest BCUT2D eigenvalue weighted by molar-refractivity contribution is 6.31. The number of aromatic hydroxyl groups is 2. The van der Waals surface area contributed by atoms with E-state index in [9.17, 15) is 34.8 Å². The number of ketones is 2. The normalized spacial score (nSPS) is 28.4. The number of ether oxygens (including phenoxy) is 3. The number of methoxy groups -OCH3 is 1. The van der Waals surface area contributed by atoms with E-state index in [0.717, 1.165) is 0 Å². The zero-order valence-electron chi connectivity index (χ0n) is 23.6. The van der Waals surface area contributed by atoms with Crippen molar-refractivity contribution in [3.8, 4) is 17.2 Å². The summed E-state index contributed by atoms with van der Waals surface area (Å²) < 4.78 is 17.3. The summed E-state index contributed by atoms with van der Waals surface area (Å²) in [6, 6.07) is 2.84. The summed E-state index contributed by atoms with van der Waals surface area (Å²) in [7, 11) is 1.33. The first-order valence-corrected chi connectivity index (χ1v) is 13.5. The molecule has 230 valence electrons. The van der Waals surface area contributed by atoms with Gasteiger partial charge in [0.15, 0.2) is 12.1 Å². The second-order valence-corrected chi connectivity index (χ2v) is 10.9. The summed E-state index contributed by atoms with van der Waals surface area (Å²) in [6.45, 7) is 3.02. The van der Waals surface area contributed by atoms with Gasteiger partial charge >= 0.3 is 6.03 Å². The van der Waals surface area contributed by atoms with Gasteiger partial charge in [0.25, 0.3) is 0 Å². The molecule has 0 aromatic heterocycles. The van der Waals surface area contributed by atoms with E-state index in [1.807, 2.05) is 5.43 Å². The van der Waals surface area contributed by atoms with Crippen LogP contribution in [-0.4, -0.2) is 81.0 Å². The second-order valence-electron chi connectivity index (χ2n) is 10.9. The number of urea groups is 1. The molecule has 6 atom stereocenters. The third kappa shape index (κ3) is 4.99. The second kappa shape index (κ2) is 11.2. The Hall–Kier alpha value is -4.12. The van der Waals surface area contributed by atoms with Crippen LogP contribution in [0.3, 0.4) is 0 Å². The predicted octanol–water partition coefficient (Wildman–Crippen LogP) is -0.0113. The van der Waals surface area contributed by atoms with Crippen LogP contribution in [0.15, 0.2) is 23.3 Å². The van der Waals surface area contributed by atoms with Crippen LogP contribution in [0.25, 0.3) is 0 Å². The van der Waals surface area contributed by atoms with E-state index < -0.39 is 76.5 Å². The molecule has 0 spiro atoms. The molecule has 5 rings (SSSR count). The predicted molar refractivity (Wildman–Crippen MR) is 149 cm³/mol. The molecule has 15 heteroatoms. The molecule has 0 radical (unpaired) electrons. The van der Waals surface area contributed by atoms with Crippen molar-refractivity contribution in [2.75, 3.05) is 7.11 Å². The number of hydrazone groups is 1. The standard InChI is InChI=1S/C28H33N5O10/c1-10-22(34)14(29)7-17(42-10)43-16-9-28(40,11(2)32-33-27(39)31-30)8-13-19(16)26(38)21-20(24(13)36)23(35)12-5-4-6-15(41-3)18(12)25(21)37/h4-6,10,14,16-17,22,34,36,38,40H,7-9,29-30H2,1-3H3,(H2,31,33,39)/b32-11+/t10-,14-,16-,17+,22+,28+/m1/s1. The van der Waals surface area contributed by atoms with Gasteiger partial charge in [0.05, 0.1) is 47.8 Å². The number of rotatable bonds is 5. The number of nitrogens with zero attached hydrogens (tertiary/aromatic N) is 1. The monoisotopic (exact) mass is 599 g/mol. The number of hydrogen-bond donors (Lipinski definition) is 8. The molecule has 2 amide bonds. The molecule has 2 aliphatic carbocycles. The number of hydrogen-bond acceptors (Lipinski definition) is 13. The molecule has 15 nitrogen and oxygen atoms in total. The van der Waals surface area contributed by atoms with Crippen molar-refractivity contribution in [1.82, 2.24) is 10.9 Å². The van der Waals surface area contributed by atoms with E-state index in [1.54, 1.807) is 6.92 Å². The van der Waals surface area contributed by atoms with E-state index in [0.29, 0.717) is 0 Å². The van der Waals surface area contributed by atoms with E-state index >= 15 is 0 Å². The Morgan fingerprint density at radius 2 is 1.86 bits per heavy atom. The summed E-state index contributed by atoms with van der Waals surface area (Å²) in [5, 5.41) is 49.1. The molecule has 1 fully saturated rings. The average molecular weight is 600 g/mol. The van der Waals surface area contributed by atoms with E-state index in [4.69, 9.17) is 25.8 Å². The summed E-state index contributed by atoms with van der Waals surface area (Å²) >= 11 is 0. The molecule has 2 aromatic rings. The first-order chi connectivity index (χ1) is 20.3. The molecule has 2 aromatic carbocycles. The van der Waals surface area contributed by atoms with Crippen LogP contribution in [-0.2, 0) is 15.9 Å². The van der Waals surface area contributed by atoms with Crippen molar-refractivity contribution in [1.29, 1.82) is 0 Å². The smallest absolute Gasteiger partial charge is 0.349 e. The van der Waals surface area contributed by atoms with Crippen LogP contribution < -0.4 is 27.2 Å². The van der Waals surface area contributed by atoms with E-state index in [1.165, 1.54) is 32.2 Å². The van der Waals surface area contributed by atoms with Crippen LogP contribution in [0.4, 0.5) is 4.79 Å². The Kier molecular flexibility index (Phi) is 7.89. The maximum atomic E-state index is 13.8. The van der Waals surface area contributed by atoms with Crippen molar-refractivity contribution in [2.45, 2.75) is 69.4 Å². The topological polar surface area (TPSA) is 248 Å². The summed E-state index contributed by atoms with van der Waals surface area (Å²) in [5.74, 6) is 2.46. The van der Waals surface area contributed by atoms with Crippen LogP contribution >= 0.6 is 0 Å². The van der Waals surface area contributed by atoms with Crippen LogP contribution in [0.2, 0.25) is 0 Å². The van der Waals surface area contributed by atoms with Gasteiger partial charge < -0.3 is 40.4 Å². The maximum absolute atomic E-state index is 13.8. The molecule has 0 bridgehead atoms. The van der Waals surface area contributed by atoms with E-state index in [2.05, 4.69) is 10.5 Å². The van der Waals surface area contributed by atoms with Gasteiger partial charge in [0.1, 0.15) is 22.8 Å². The Morgan fingerprint density at radius 1 is 1.16 bits per heavy atom. The molecule has 1 aliphatic heterocycles. The van der Waals surface area contributed by atoms with Crippen LogP contribution in [0, 0.1) is 0 Å². The molecule has 0 unspecified atom stereocenters. The number of nitrogens with one attached hydrogen (secondary N) is 2. The number of nitrogens with two attached hydrogens (primary N) is 2. The van der Waals surface area contributed by atoms with Crippen LogP contribution in [0.1, 0.15) is 75.8 Å². The lowest BCUT2D eigenvalue weighted by atomic mass is 9.72. The number of phenolic OH excluding ortho intramolecular Hbond substituents is 2. The average Bonchev–Trinajstić information content (AvgIpc) is 2.98. The zero-order valence-corrected chi connectivity index (χ0v) is 23.6. The molecule has 0 saturated carbocycles. The lowest BCUT2D eigenvalue weighted by molar-refractivity contribution is -0.245. The summed E-state index contributed by atoms with van der Waals surface area (Å²) in [5.41, 5.74) is 7.02. The molecule has 1 saturated heterocycles. The summed E-state index contributed by atoms with van der Waals surface area (Å²) in [4.78, 5) is 39.1. The zero-order chi connectivity index (χ0) is 31.4. The van der Waals surface area contributed by atoms with Gasteiger partial charge in [-0.15, -0.1) is 0 Å². The number of hydrazine groups is 1. The Morgan fingerprint density at radius 3 is 2.51 bits per heavy atom. The fraction of sp³-hybridized carbons (Fsp3) is 0.429. The highest BCUT2D eigenvalue weighted by Gasteiger charge is 2.49. The van der Waals surface area contributed by atoms with Gasteiger partial charge in [-0.05, 0) is 19.9 Å². The Labute approximate surface area is 245 Å². The fourth-order valence-corrected chi connectivity index (χ4v) is 5.94. The maximum Gasteiger partial charge on any atom is 0.349 e. The first kappa shape index (κ1) is 30.3. The van der Waals surface area contributed by atoms with Gasteiger partial charge in [0, 0.05) is 42.0 Å². The molecule has 10 N–H and O–H groups in total. The van der Waals surface area contributed by atoms with Crippen molar-refractivity contribution in [3.63, 3.8) is 0 Å². The molecule has 43 heavy (non-hydrogen) atoms. The van der Waals surface area contributed by atoms with Gasteiger partial charge in [-0.25, -0.2) is 16.1 Å². The number of aliphatic hydroxyl groups excluding tert-OH is 1. The third-order valence-corrected chi connectivity index (χ3v) is 8.27. The minimum Gasteiger partial charge on any atom is -0.507 e. The number of carbonyl (C=O) groups is 3. The number of carbonyl (C=O) groups excluding carboxylic acids is 3. The number of amides is 2. The minimum atomic E-state index is -1.90. The van der Waals surface area contributed by atoms with Gasteiger partial charge in [-0.2, -0.15) is 5.10 Å². The lowest BCUT2D eigenvalue weighted by Crippen LogP contribution is -2.52. The van der Waals surface area contributed by atoms with Crippen molar-refractivity contribution < 1.29 is 49.0 Å². The highest BCUT2D eigenvalue weighted by atomic mass is 16.7. The van der Waals surface area contributed by atoms with Crippen molar-refractivity contribution in [2.24, 2.45) is 16.7 Å². The Balaban J connectivity index is 1.67. The van der Waals surface area contributed by atoms with Crippen molar-refractivity contribution in [3.05, 3.63) is 51.6 Å². The fourth-order valence-electron chi connectivity index (χ4n) is 5.94. The number of phenols is 2. The molecule has 3 aliphatic rings. The summed E-state index contributed by atoms with van der Waals surface area (Å²) in [6.07, 6.45) is -4.59.